The fraction of sp³-hybridized carbons (Fsp3) is 0.647. The van der Waals surface area contributed by atoms with Crippen LogP contribution in [0.4, 0.5) is 0 Å². The molecule has 3 nitrogen and oxygen atoms in total. The van der Waals surface area contributed by atoms with E-state index in [1.165, 1.54) is 12.8 Å². The van der Waals surface area contributed by atoms with Crippen LogP contribution in [0.5, 0.6) is 5.75 Å². The van der Waals surface area contributed by atoms with Crippen molar-refractivity contribution in [3.63, 3.8) is 0 Å². The second kappa shape index (κ2) is 6.15. The number of aliphatic hydroxyl groups excluding tert-OH is 1. The maximum Gasteiger partial charge on any atom is 0.125 e. The highest BCUT2D eigenvalue weighted by atomic mass is 35.5. The van der Waals surface area contributed by atoms with Gasteiger partial charge in [0, 0.05) is 23.4 Å². The Hall–Kier alpha value is -0.770. The van der Waals surface area contributed by atoms with Crippen LogP contribution >= 0.6 is 11.6 Å². The quantitative estimate of drug-likeness (QED) is 0.906. The lowest BCUT2D eigenvalue weighted by Crippen LogP contribution is -2.41. The lowest BCUT2D eigenvalue weighted by molar-refractivity contribution is -0.108. The lowest BCUT2D eigenvalue weighted by Gasteiger charge is -2.38. The molecule has 1 saturated carbocycles. The zero-order valence-corrected chi connectivity index (χ0v) is 13.2. The zero-order chi connectivity index (χ0) is 14.9. The third kappa shape index (κ3) is 3.36. The molecule has 0 radical (unpaired) electrons. The summed E-state index contributed by atoms with van der Waals surface area (Å²) in [6, 6.07) is 5.46. The van der Waals surface area contributed by atoms with Crippen molar-refractivity contribution in [2.75, 3.05) is 6.61 Å². The molecule has 1 aliphatic carbocycles. The van der Waals surface area contributed by atoms with E-state index in [9.17, 15) is 5.11 Å². The second-order valence-corrected chi connectivity index (χ2v) is 6.77. The third-order valence-corrected chi connectivity index (χ3v) is 4.91. The highest BCUT2D eigenvalue weighted by molar-refractivity contribution is 6.30. The van der Waals surface area contributed by atoms with E-state index in [1.54, 1.807) is 13.0 Å². The summed E-state index contributed by atoms with van der Waals surface area (Å²) in [5.41, 5.74) is 0.801. The van der Waals surface area contributed by atoms with E-state index >= 15 is 0 Å². The second-order valence-electron chi connectivity index (χ2n) is 6.33. The molecule has 1 unspecified atom stereocenters. The number of rotatable bonds is 3. The summed E-state index contributed by atoms with van der Waals surface area (Å²) in [4.78, 5) is 0. The molecule has 2 atom stereocenters. The molecule has 21 heavy (non-hydrogen) atoms. The predicted molar refractivity (Wildman–Crippen MR) is 82.9 cm³/mol. The Morgan fingerprint density at radius 3 is 2.86 bits per heavy atom. The van der Waals surface area contributed by atoms with Gasteiger partial charge in [-0.15, -0.1) is 0 Å². The summed E-state index contributed by atoms with van der Waals surface area (Å²) >= 11 is 6.02. The minimum absolute atomic E-state index is 0.0420. The largest absolute Gasteiger partial charge is 0.490 e. The van der Waals surface area contributed by atoms with Crippen LogP contribution in [0, 0.1) is 0 Å². The molecule has 1 aliphatic heterocycles. The Labute approximate surface area is 131 Å². The standard InChI is InChI=1S/C17H23ClO3/c1-12(19)15-10-13(18)4-5-16(15)21-14-6-9-20-17(11-14)7-2-3-8-17/h4-5,10,12,14,19H,2-3,6-9,11H2,1H3/t12-,14?/m1/s1. The summed E-state index contributed by atoms with van der Waals surface area (Å²) in [7, 11) is 0. The van der Waals surface area contributed by atoms with Crippen LogP contribution < -0.4 is 4.74 Å². The topological polar surface area (TPSA) is 38.7 Å². The van der Waals surface area contributed by atoms with Gasteiger partial charge in [-0.2, -0.15) is 0 Å². The Morgan fingerprint density at radius 1 is 1.38 bits per heavy atom. The van der Waals surface area contributed by atoms with Crippen molar-refractivity contribution < 1.29 is 14.6 Å². The van der Waals surface area contributed by atoms with Crippen molar-refractivity contribution in [1.29, 1.82) is 0 Å². The monoisotopic (exact) mass is 310 g/mol. The van der Waals surface area contributed by atoms with Crippen LogP contribution in [0.25, 0.3) is 0 Å². The van der Waals surface area contributed by atoms with Crippen LogP contribution in [0.15, 0.2) is 18.2 Å². The molecule has 1 aromatic rings. The van der Waals surface area contributed by atoms with E-state index in [2.05, 4.69) is 0 Å². The van der Waals surface area contributed by atoms with Crippen molar-refractivity contribution in [2.24, 2.45) is 0 Å². The molecule has 0 bridgehead atoms. The molecule has 3 rings (SSSR count). The van der Waals surface area contributed by atoms with Gasteiger partial charge in [0.25, 0.3) is 0 Å². The summed E-state index contributed by atoms with van der Waals surface area (Å²) in [6.07, 6.45) is 6.25. The number of aliphatic hydroxyl groups is 1. The van der Waals surface area contributed by atoms with Crippen molar-refractivity contribution >= 4 is 11.6 Å². The predicted octanol–water partition coefficient (Wildman–Crippen LogP) is 4.26. The molecule has 1 aromatic carbocycles. The van der Waals surface area contributed by atoms with Gasteiger partial charge in [-0.05, 0) is 38.0 Å². The van der Waals surface area contributed by atoms with Gasteiger partial charge in [0.15, 0.2) is 0 Å². The van der Waals surface area contributed by atoms with Crippen molar-refractivity contribution in [2.45, 2.75) is 63.3 Å². The number of benzene rings is 1. The minimum atomic E-state index is -0.584. The fourth-order valence-electron chi connectivity index (χ4n) is 3.58. The summed E-state index contributed by atoms with van der Waals surface area (Å²) in [5, 5.41) is 10.5. The van der Waals surface area contributed by atoms with Gasteiger partial charge in [0.2, 0.25) is 0 Å². The average Bonchev–Trinajstić information content (AvgIpc) is 2.88. The van der Waals surface area contributed by atoms with Gasteiger partial charge < -0.3 is 14.6 Å². The van der Waals surface area contributed by atoms with Crippen molar-refractivity contribution in [1.82, 2.24) is 0 Å². The van der Waals surface area contributed by atoms with Gasteiger partial charge in [-0.25, -0.2) is 0 Å². The Morgan fingerprint density at radius 2 is 2.14 bits per heavy atom. The van der Waals surface area contributed by atoms with Crippen LogP contribution in [-0.4, -0.2) is 23.4 Å². The molecular formula is C17H23ClO3. The van der Waals surface area contributed by atoms with Crippen LogP contribution in [0.3, 0.4) is 0 Å². The van der Waals surface area contributed by atoms with Gasteiger partial charge in [-0.3, -0.25) is 0 Å². The maximum absolute atomic E-state index is 9.90. The molecule has 1 N–H and O–H groups in total. The Balaban J connectivity index is 1.74. The van der Waals surface area contributed by atoms with Crippen molar-refractivity contribution in [3.05, 3.63) is 28.8 Å². The highest BCUT2D eigenvalue weighted by Gasteiger charge is 2.40. The number of ether oxygens (including phenoxy) is 2. The van der Waals surface area contributed by atoms with Crippen LogP contribution in [0.2, 0.25) is 5.02 Å². The number of hydrogen-bond acceptors (Lipinski definition) is 3. The Bertz CT molecular complexity index is 495. The molecule has 0 amide bonds. The lowest BCUT2D eigenvalue weighted by atomic mass is 9.90. The molecule has 1 spiro atoms. The number of halogens is 1. The highest BCUT2D eigenvalue weighted by Crippen LogP contribution is 2.41. The van der Waals surface area contributed by atoms with Crippen molar-refractivity contribution in [3.8, 4) is 5.75 Å². The first-order valence-corrected chi connectivity index (χ1v) is 8.24. The smallest absolute Gasteiger partial charge is 0.125 e. The summed E-state index contributed by atoms with van der Waals surface area (Å²) < 4.78 is 12.2. The van der Waals surface area contributed by atoms with E-state index in [0.29, 0.717) is 5.02 Å². The summed E-state index contributed by atoms with van der Waals surface area (Å²) in [5.74, 6) is 0.745. The minimum Gasteiger partial charge on any atom is -0.490 e. The third-order valence-electron chi connectivity index (χ3n) is 4.68. The van der Waals surface area contributed by atoms with Crippen LogP contribution in [0.1, 0.15) is 57.1 Å². The first kappa shape index (κ1) is 15.1. The van der Waals surface area contributed by atoms with Crippen LogP contribution in [-0.2, 0) is 4.74 Å². The first-order chi connectivity index (χ1) is 10.1. The van der Waals surface area contributed by atoms with E-state index in [4.69, 9.17) is 21.1 Å². The average molecular weight is 311 g/mol. The molecule has 1 heterocycles. The van der Waals surface area contributed by atoms with Gasteiger partial charge in [0.05, 0.1) is 18.3 Å². The molecule has 116 valence electrons. The maximum atomic E-state index is 9.90. The molecule has 0 aromatic heterocycles. The molecule has 2 fully saturated rings. The van der Waals surface area contributed by atoms with Gasteiger partial charge in [-0.1, -0.05) is 24.4 Å². The first-order valence-electron chi connectivity index (χ1n) is 7.86. The van der Waals surface area contributed by atoms with E-state index in [1.807, 2.05) is 12.1 Å². The van der Waals surface area contributed by atoms with E-state index < -0.39 is 6.10 Å². The summed E-state index contributed by atoms with van der Waals surface area (Å²) in [6.45, 7) is 2.50. The Kier molecular flexibility index (Phi) is 4.43. The van der Waals surface area contributed by atoms with Gasteiger partial charge >= 0.3 is 0 Å². The normalized spacial score (nSPS) is 26.0. The fourth-order valence-corrected chi connectivity index (χ4v) is 3.76. The number of hydrogen-bond donors (Lipinski definition) is 1. The zero-order valence-electron chi connectivity index (χ0n) is 12.5. The molecular weight excluding hydrogens is 288 g/mol. The van der Waals surface area contributed by atoms with E-state index in [-0.39, 0.29) is 11.7 Å². The van der Waals surface area contributed by atoms with Gasteiger partial charge in [0.1, 0.15) is 11.9 Å². The molecule has 2 aliphatic rings. The van der Waals surface area contributed by atoms with E-state index in [0.717, 1.165) is 43.6 Å². The molecule has 4 heteroatoms. The molecule has 1 saturated heterocycles. The SMILES string of the molecule is C[C@@H](O)c1cc(Cl)ccc1OC1CCOC2(CCCC2)C1.